The lowest BCUT2D eigenvalue weighted by molar-refractivity contribution is -0.132. The van der Waals surface area contributed by atoms with E-state index < -0.39 is 11.5 Å². The number of nitrogens with zero attached hydrogens (tertiary/aromatic N) is 1. The maximum absolute atomic E-state index is 13.4. The highest BCUT2D eigenvalue weighted by Gasteiger charge is 2.51. The highest BCUT2D eigenvalue weighted by molar-refractivity contribution is 5.88. The smallest absolute Gasteiger partial charge is 0.335 e. The van der Waals surface area contributed by atoms with Crippen molar-refractivity contribution in [2.45, 2.75) is 57.2 Å². The molecule has 2 fully saturated rings. The first kappa shape index (κ1) is 19.6. The van der Waals surface area contributed by atoms with E-state index in [1.165, 1.54) is 11.1 Å². The maximum Gasteiger partial charge on any atom is 0.335 e. The molecule has 2 aromatic rings. The Morgan fingerprint density at radius 2 is 1.69 bits per heavy atom. The van der Waals surface area contributed by atoms with E-state index in [9.17, 15) is 9.59 Å². The van der Waals surface area contributed by atoms with Crippen LogP contribution in [-0.2, 0) is 16.9 Å². The minimum atomic E-state index is -0.935. The van der Waals surface area contributed by atoms with Crippen molar-refractivity contribution in [2.24, 2.45) is 0 Å². The van der Waals surface area contributed by atoms with Gasteiger partial charge in [-0.1, -0.05) is 42.0 Å². The van der Waals surface area contributed by atoms with Crippen molar-refractivity contribution < 1.29 is 14.7 Å². The van der Waals surface area contributed by atoms with E-state index in [2.05, 4.69) is 41.4 Å². The van der Waals surface area contributed by atoms with Crippen LogP contribution in [0.4, 0.5) is 0 Å². The molecule has 29 heavy (non-hydrogen) atoms. The van der Waals surface area contributed by atoms with Crippen LogP contribution >= 0.6 is 0 Å². The molecule has 1 saturated heterocycles. The van der Waals surface area contributed by atoms with Crippen LogP contribution in [0.5, 0.6) is 0 Å². The van der Waals surface area contributed by atoms with Crippen LogP contribution in [0.15, 0.2) is 48.5 Å². The van der Waals surface area contributed by atoms with E-state index in [0.717, 1.165) is 44.3 Å². The van der Waals surface area contributed by atoms with Crippen molar-refractivity contribution in [1.82, 2.24) is 10.2 Å². The summed E-state index contributed by atoms with van der Waals surface area (Å²) in [6.07, 6.45) is 3.63. The number of carboxylic acids is 1. The molecule has 5 heteroatoms. The quantitative estimate of drug-likeness (QED) is 0.783. The van der Waals surface area contributed by atoms with Crippen LogP contribution in [0, 0.1) is 6.92 Å². The fourth-order valence-electron chi connectivity index (χ4n) is 4.34. The molecule has 0 spiro atoms. The lowest BCUT2D eigenvalue weighted by Gasteiger charge is -2.35. The number of aryl methyl sites for hydroxylation is 1. The standard InChI is InChI=1S/C24H28N2O3/c1-17-4-6-18(7-5-17)16-26-15-3-12-23(26,2)22(29)25-24(13-14-24)20-10-8-19(9-11-20)21(27)28/h4-11H,3,12-16H2,1-2H3,(H,25,29)(H,27,28)/t23-/m1/s1. The predicted octanol–water partition coefficient (Wildman–Crippen LogP) is 3.85. The van der Waals surface area contributed by atoms with E-state index >= 15 is 0 Å². The van der Waals surface area contributed by atoms with Gasteiger partial charge in [0.2, 0.25) is 5.91 Å². The van der Waals surface area contributed by atoms with Gasteiger partial charge in [-0.15, -0.1) is 0 Å². The molecule has 0 aromatic heterocycles. The Hall–Kier alpha value is -2.66. The van der Waals surface area contributed by atoms with Gasteiger partial charge >= 0.3 is 5.97 Å². The number of nitrogens with one attached hydrogen (secondary N) is 1. The van der Waals surface area contributed by atoms with Gasteiger partial charge in [0.15, 0.2) is 0 Å². The molecule has 2 aliphatic rings. The average molecular weight is 392 g/mol. The van der Waals surface area contributed by atoms with Gasteiger partial charge in [-0.25, -0.2) is 4.79 Å². The zero-order valence-electron chi connectivity index (χ0n) is 17.1. The molecule has 1 aliphatic carbocycles. The van der Waals surface area contributed by atoms with Gasteiger partial charge in [-0.05, 0) is 69.3 Å². The van der Waals surface area contributed by atoms with Crippen molar-refractivity contribution in [3.8, 4) is 0 Å². The van der Waals surface area contributed by atoms with Crippen LogP contribution in [0.3, 0.4) is 0 Å². The van der Waals surface area contributed by atoms with Gasteiger partial charge in [-0.2, -0.15) is 0 Å². The molecule has 1 amide bonds. The summed E-state index contributed by atoms with van der Waals surface area (Å²) in [5, 5.41) is 12.4. The van der Waals surface area contributed by atoms with Gasteiger partial charge < -0.3 is 10.4 Å². The lowest BCUT2D eigenvalue weighted by atomic mass is 9.94. The topological polar surface area (TPSA) is 69.6 Å². The summed E-state index contributed by atoms with van der Waals surface area (Å²) in [5.41, 5.74) is 2.84. The second-order valence-corrected chi connectivity index (χ2v) is 8.70. The maximum atomic E-state index is 13.4. The van der Waals surface area contributed by atoms with Crippen molar-refractivity contribution in [1.29, 1.82) is 0 Å². The summed E-state index contributed by atoms with van der Waals surface area (Å²) in [6, 6.07) is 15.4. The van der Waals surface area contributed by atoms with Crippen molar-refractivity contribution in [3.05, 3.63) is 70.8 Å². The lowest BCUT2D eigenvalue weighted by Crippen LogP contribution is -2.55. The van der Waals surface area contributed by atoms with Gasteiger partial charge in [-0.3, -0.25) is 9.69 Å². The SMILES string of the molecule is Cc1ccc(CN2CCC[C@]2(C)C(=O)NC2(c3ccc(C(=O)O)cc3)CC2)cc1. The monoisotopic (exact) mass is 392 g/mol. The Balaban J connectivity index is 1.49. The largest absolute Gasteiger partial charge is 0.478 e. The van der Waals surface area contributed by atoms with Crippen molar-refractivity contribution in [3.63, 3.8) is 0 Å². The fraction of sp³-hybridized carbons (Fsp3) is 0.417. The van der Waals surface area contributed by atoms with Crippen LogP contribution in [0.25, 0.3) is 0 Å². The zero-order valence-corrected chi connectivity index (χ0v) is 17.1. The number of amides is 1. The molecule has 1 saturated carbocycles. The third-order valence-electron chi connectivity index (χ3n) is 6.56. The number of likely N-dealkylation sites (tertiary alicyclic amines) is 1. The number of carbonyl (C=O) groups excluding carboxylic acids is 1. The third kappa shape index (κ3) is 3.79. The summed E-state index contributed by atoms with van der Waals surface area (Å²) >= 11 is 0. The Morgan fingerprint density at radius 3 is 2.28 bits per heavy atom. The third-order valence-corrected chi connectivity index (χ3v) is 6.56. The van der Waals surface area contributed by atoms with Crippen LogP contribution in [0.2, 0.25) is 0 Å². The summed E-state index contributed by atoms with van der Waals surface area (Å²) in [5.74, 6) is -0.863. The first-order valence-electron chi connectivity index (χ1n) is 10.3. The number of carboxylic acid groups (broad SMARTS) is 1. The second-order valence-electron chi connectivity index (χ2n) is 8.70. The van der Waals surface area contributed by atoms with E-state index in [1.807, 2.05) is 19.1 Å². The molecule has 1 heterocycles. The Kier molecular flexibility index (Phi) is 4.95. The number of benzene rings is 2. The van der Waals surface area contributed by atoms with Crippen molar-refractivity contribution in [2.75, 3.05) is 6.54 Å². The van der Waals surface area contributed by atoms with E-state index in [-0.39, 0.29) is 17.0 Å². The molecular formula is C24H28N2O3. The normalized spacial score (nSPS) is 23.0. The molecule has 1 atom stereocenters. The van der Waals surface area contributed by atoms with Crippen molar-refractivity contribution >= 4 is 11.9 Å². The summed E-state index contributed by atoms with van der Waals surface area (Å²) < 4.78 is 0. The van der Waals surface area contributed by atoms with Gasteiger partial charge in [0.25, 0.3) is 0 Å². The molecule has 2 aromatic carbocycles. The number of rotatable bonds is 6. The second kappa shape index (κ2) is 7.30. The Bertz CT molecular complexity index is 916. The number of hydrogen-bond donors (Lipinski definition) is 2. The minimum Gasteiger partial charge on any atom is -0.478 e. The predicted molar refractivity (Wildman–Crippen MR) is 112 cm³/mol. The minimum absolute atomic E-state index is 0.0712. The first-order chi connectivity index (χ1) is 13.8. The first-order valence-corrected chi connectivity index (χ1v) is 10.3. The van der Waals surface area contributed by atoms with E-state index in [1.54, 1.807) is 12.1 Å². The summed E-state index contributed by atoms with van der Waals surface area (Å²) in [6.45, 7) is 5.81. The number of hydrogen-bond acceptors (Lipinski definition) is 3. The van der Waals surface area contributed by atoms with Gasteiger partial charge in [0.1, 0.15) is 0 Å². The highest BCUT2D eigenvalue weighted by atomic mass is 16.4. The Labute approximate surface area is 171 Å². The van der Waals surface area contributed by atoms with Crippen LogP contribution < -0.4 is 5.32 Å². The molecule has 0 radical (unpaired) electrons. The molecule has 4 rings (SSSR count). The van der Waals surface area contributed by atoms with Crippen LogP contribution in [0.1, 0.15) is 59.7 Å². The zero-order chi connectivity index (χ0) is 20.6. The van der Waals surface area contributed by atoms with Gasteiger partial charge in [0, 0.05) is 6.54 Å². The molecule has 1 aliphatic heterocycles. The molecular weight excluding hydrogens is 364 g/mol. The molecule has 5 nitrogen and oxygen atoms in total. The highest BCUT2D eigenvalue weighted by Crippen LogP contribution is 2.46. The van der Waals surface area contributed by atoms with E-state index in [4.69, 9.17) is 5.11 Å². The van der Waals surface area contributed by atoms with Crippen LogP contribution in [-0.4, -0.2) is 34.0 Å². The molecule has 152 valence electrons. The average Bonchev–Trinajstić information content (AvgIpc) is 3.40. The molecule has 0 bridgehead atoms. The summed E-state index contributed by atoms with van der Waals surface area (Å²) in [7, 11) is 0. The Morgan fingerprint density at radius 1 is 1.03 bits per heavy atom. The van der Waals surface area contributed by atoms with Gasteiger partial charge in [0.05, 0.1) is 16.6 Å². The van der Waals surface area contributed by atoms with E-state index in [0.29, 0.717) is 0 Å². The summed E-state index contributed by atoms with van der Waals surface area (Å²) in [4.78, 5) is 26.8. The molecule has 2 N–H and O–H groups in total. The molecule has 0 unspecified atom stereocenters. The number of carbonyl (C=O) groups is 2. The fourth-order valence-corrected chi connectivity index (χ4v) is 4.34. The number of aromatic carboxylic acids is 1.